The van der Waals surface area contributed by atoms with Crippen LogP contribution in [0.2, 0.25) is 0 Å². The molecule has 0 radical (unpaired) electrons. The molecule has 1 amide bonds. The highest BCUT2D eigenvalue weighted by atomic mass is 16.2. The van der Waals surface area contributed by atoms with E-state index in [0.717, 1.165) is 11.4 Å². The number of nitrogens with two attached hydrogens (primary N) is 1. The highest BCUT2D eigenvalue weighted by Gasteiger charge is 2.27. The first-order chi connectivity index (χ1) is 9.01. The minimum atomic E-state index is -0.520. The number of hydrogen-bond acceptors (Lipinski definition) is 3. The molecule has 0 aliphatic rings. The molecule has 0 aromatic carbocycles. The van der Waals surface area contributed by atoms with Crippen LogP contribution in [-0.2, 0) is 16.8 Å². The summed E-state index contributed by atoms with van der Waals surface area (Å²) in [6.45, 7) is 12.6. The Morgan fingerprint density at radius 1 is 1.25 bits per heavy atom. The van der Waals surface area contributed by atoms with E-state index < -0.39 is 6.04 Å². The zero-order valence-corrected chi connectivity index (χ0v) is 13.4. The molecule has 0 aliphatic carbocycles. The Labute approximate surface area is 122 Å². The number of pyridine rings is 1. The number of hydrogen-bond donors (Lipinski definition) is 2. The second kappa shape index (κ2) is 5.92. The van der Waals surface area contributed by atoms with E-state index in [1.165, 1.54) is 0 Å². The van der Waals surface area contributed by atoms with Gasteiger partial charge in [-0.05, 0) is 17.5 Å². The van der Waals surface area contributed by atoms with E-state index >= 15 is 0 Å². The Balaban J connectivity index is 2.70. The third-order valence-electron chi connectivity index (χ3n) is 3.23. The predicted molar refractivity (Wildman–Crippen MR) is 82.2 cm³/mol. The van der Waals surface area contributed by atoms with Crippen molar-refractivity contribution in [2.45, 2.75) is 59.5 Å². The summed E-state index contributed by atoms with van der Waals surface area (Å²) in [5, 5.41) is 2.86. The fraction of sp³-hybridized carbons (Fsp3) is 0.625. The lowest BCUT2D eigenvalue weighted by molar-refractivity contribution is -0.124. The van der Waals surface area contributed by atoms with Crippen molar-refractivity contribution in [1.82, 2.24) is 10.3 Å². The van der Waals surface area contributed by atoms with Gasteiger partial charge in [-0.3, -0.25) is 9.78 Å². The Morgan fingerprint density at radius 2 is 1.85 bits per heavy atom. The molecule has 0 spiro atoms. The monoisotopic (exact) mass is 277 g/mol. The van der Waals surface area contributed by atoms with Gasteiger partial charge in [-0.15, -0.1) is 0 Å². The van der Waals surface area contributed by atoms with E-state index in [1.807, 2.05) is 39.0 Å². The van der Waals surface area contributed by atoms with Crippen LogP contribution in [0, 0.1) is 5.41 Å². The zero-order chi connectivity index (χ0) is 15.6. The minimum absolute atomic E-state index is 0.00182. The van der Waals surface area contributed by atoms with Crippen molar-refractivity contribution in [3.8, 4) is 0 Å². The molecule has 20 heavy (non-hydrogen) atoms. The van der Waals surface area contributed by atoms with Gasteiger partial charge in [-0.25, -0.2) is 0 Å². The lowest BCUT2D eigenvalue weighted by Crippen LogP contribution is -2.48. The number of carbonyl (C=O) groups is 1. The molecule has 1 heterocycles. The van der Waals surface area contributed by atoms with E-state index in [4.69, 9.17) is 5.73 Å². The van der Waals surface area contributed by atoms with Crippen molar-refractivity contribution < 1.29 is 4.79 Å². The number of nitrogens with one attached hydrogen (secondary N) is 1. The average molecular weight is 277 g/mol. The van der Waals surface area contributed by atoms with Gasteiger partial charge < -0.3 is 11.1 Å². The molecule has 0 bridgehead atoms. The predicted octanol–water partition coefficient (Wildman–Crippen LogP) is 2.37. The van der Waals surface area contributed by atoms with Crippen molar-refractivity contribution in [1.29, 1.82) is 0 Å². The summed E-state index contributed by atoms with van der Waals surface area (Å²) in [5.41, 5.74) is 7.55. The SMILES string of the molecule is CC(C)(C)c1cccc(CNC(=O)C(N)C(C)(C)C)n1. The molecule has 1 unspecified atom stereocenters. The van der Waals surface area contributed by atoms with Crippen molar-refractivity contribution >= 4 is 5.91 Å². The third-order valence-corrected chi connectivity index (χ3v) is 3.23. The fourth-order valence-corrected chi connectivity index (χ4v) is 1.68. The van der Waals surface area contributed by atoms with Gasteiger partial charge in [0.1, 0.15) is 0 Å². The summed E-state index contributed by atoms with van der Waals surface area (Å²) in [6.07, 6.45) is 0. The van der Waals surface area contributed by atoms with Gasteiger partial charge in [0.25, 0.3) is 0 Å². The second-order valence-corrected chi connectivity index (χ2v) is 7.33. The Kier molecular flexibility index (Phi) is 4.92. The smallest absolute Gasteiger partial charge is 0.237 e. The summed E-state index contributed by atoms with van der Waals surface area (Å²) in [7, 11) is 0. The number of amides is 1. The van der Waals surface area contributed by atoms with Gasteiger partial charge in [0.15, 0.2) is 0 Å². The topological polar surface area (TPSA) is 68.0 Å². The zero-order valence-electron chi connectivity index (χ0n) is 13.4. The second-order valence-electron chi connectivity index (χ2n) is 7.33. The molecule has 0 saturated heterocycles. The van der Waals surface area contributed by atoms with Crippen LogP contribution in [0.25, 0.3) is 0 Å². The van der Waals surface area contributed by atoms with Gasteiger partial charge in [0.2, 0.25) is 5.91 Å². The van der Waals surface area contributed by atoms with Crippen LogP contribution in [0.1, 0.15) is 52.9 Å². The number of rotatable bonds is 3. The highest BCUT2D eigenvalue weighted by molar-refractivity contribution is 5.82. The van der Waals surface area contributed by atoms with Crippen molar-refractivity contribution in [2.75, 3.05) is 0 Å². The Bertz CT molecular complexity index is 469. The lowest BCUT2D eigenvalue weighted by atomic mass is 9.87. The van der Waals surface area contributed by atoms with Crippen LogP contribution < -0.4 is 11.1 Å². The Hall–Kier alpha value is -1.42. The van der Waals surface area contributed by atoms with Crippen molar-refractivity contribution in [3.05, 3.63) is 29.6 Å². The van der Waals surface area contributed by atoms with E-state index in [1.54, 1.807) is 0 Å². The molecular formula is C16H27N3O. The van der Waals surface area contributed by atoms with Crippen LogP contribution in [-0.4, -0.2) is 16.9 Å². The lowest BCUT2D eigenvalue weighted by Gasteiger charge is -2.25. The van der Waals surface area contributed by atoms with Crippen LogP contribution in [0.3, 0.4) is 0 Å². The number of carbonyl (C=O) groups excluding carboxylic acids is 1. The van der Waals surface area contributed by atoms with Gasteiger partial charge >= 0.3 is 0 Å². The molecule has 3 N–H and O–H groups in total. The molecule has 112 valence electrons. The standard InChI is InChI=1S/C16H27N3O/c1-15(2,3)12-9-7-8-11(19-12)10-18-14(20)13(17)16(4,5)6/h7-9,13H,10,17H2,1-6H3,(H,18,20). The van der Waals surface area contributed by atoms with E-state index in [-0.39, 0.29) is 16.7 Å². The van der Waals surface area contributed by atoms with Crippen molar-refractivity contribution in [3.63, 3.8) is 0 Å². The third kappa shape index (κ3) is 4.60. The van der Waals surface area contributed by atoms with Gasteiger partial charge in [0.05, 0.1) is 18.3 Å². The van der Waals surface area contributed by atoms with Gasteiger partial charge in [-0.2, -0.15) is 0 Å². The van der Waals surface area contributed by atoms with Crippen LogP contribution in [0.4, 0.5) is 0 Å². The van der Waals surface area contributed by atoms with Crippen LogP contribution >= 0.6 is 0 Å². The first-order valence-corrected chi connectivity index (χ1v) is 7.01. The molecule has 1 aromatic heterocycles. The highest BCUT2D eigenvalue weighted by Crippen LogP contribution is 2.20. The maximum absolute atomic E-state index is 12.0. The number of nitrogens with zero attached hydrogens (tertiary/aromatic N) is 1. The average Bonchev–Trinajstić information content (AvgIpc) is 2.33. The molecule has 4 nitrogen and oxygen atoms in total. The summed E-state index contributed by atoms with van der Waals surface area (Å²) in [4.78, 5) is 16.6. The van der Waals surface area contributed by atoms with Gasteiger partial charge in [-0.1, -0.05) is 47.6 Å². The minimum Gasteiger partial charge on any atom is -0.349 e. The van der Waals surface area contributed by atoms with Crippen molar-refractivity contribution in [2.24, 2.45) is 11.1 Å². The molecule has 1 rings (SSSR count). The number of aromatic nitrogens is 1. The normalized spacial score (nSPS) is 13.9. The van der Waals surface area contributed by atoms with E-state index in [9.17, 15) is 4.79 Å². The van der Waals surface area contributed by atoms with Crippen LogP contribution in [0.5, 0.6) is 0 Å². The molecule has 1 atom stereocenters. The molecule has 0 aliphatic heterocycles. The van der Waals surface area contributed by atoms with E-state index in [2.05, 4.69) is 31.1 Å². The Morgan fingerprint density at radius 3 is 2.35 bits per heavy atom. The molecule has 1 aromatic rings. The summed E-state index contributed by atoms with van der Waals surface area (Å²) in [5.74, 6) is -0.138. The summed E-state index contributed by atoms with van der Waals surface area (Å²) >= 11 is 0. The molecule has 0 saturated carbocycles. The van der Waals surface area contributed by atoms with Gasteiger partial charge in [0, 0.05) is 11.1 Å². The molecular weight excluding hydrogens is 250 g/mol. The largest absolute Gasteiger partial charge is 0.349 e. The molecule has 4 heteroatoms. The van der Waals surface area contributed by atoms with E-state index in [0.29, 0.717) is 6.54 Å². The maximum Gasteiger partial charge on any atom is 0.237 e. The summed E-state index contributed by atoms with van der Waals surface area (Å²) in [6, 6.07) is 5.37. The maximum atomic E-state index is 12.0. The fourth-order valence-electron chi connectivity index (χ4n) is 1.68. The first kappa shape index (κ1) is 16.6. The summed E-state index contributed by atoms with van der Waals surface area (Å²) < 4.78 is 0. The van der Waals surface area contributed by atoms with Crippen LogP contribution in [0.15, 0.2) is 18.2 Å². The quantitative estimate of drug-likeness (QED) is 0.891. The molecule has 0 fully saturated rings. The first-order valence-electron chi connectivity index (χ1n) is 7.01.